The smallest absolute Gasteiger partial charge is 0.308 e. The van der Waals surface area contributed by atoms with Crippen LogP contribution >= 0.6 is 11.3 Å². The average molecular weight is 283 g/mol. The normalized spacial score (nSPS) is 23.6. The molecule has 2 atom stereocenters. The Bertz CT molecular complexity index is 475. The summed E-state index contributed by atoms with van der Waals surface area (Å²) >= 11 is 1.20. The Morgan fingerprint density at radius 3 is 2.74 bits per heavy atom. The van der Waals surface area contributed by atoms with E-state index in [4.69, 9.17) is 5.73 Å². The van der Waals surface area contributed by atoms with Crippen molar-refractivity contribution in [3.05, 3.63) is 11.1 Å². The van der Waals surface area contributed by atoms with E-state index < -0.39 is 11.9 Å². The van der Waals surface area contributed by atoms with Crippen molar-refractivity contribution in [2.45, 2.75) is 38.1 Å². The van der Waals surface area contributed by atoms with Gasteiger partial charge < -0.3 is 16.2 Å². The molecule has 1 heterocycles. The third kappa shape index (κ3) is 3.44. The number of rotatable bonds is 3. The molecule has 0 radical (unpaired) electrons. The lowest BCUT2D eigenvalue weighted by atomic mass is 9.95. The van der Waals surface area contributed by atoms with Crippen molar-refractivity contribution in [1.29, 1.82) is 0 Å². The molecule has 0 spiro atoms. The molecule has 0 bridgehead atoms. The number of carbonyl (C=O) groups is 2. The molecule has 1 saturated carbocycles. The Morgan fingerprint density at radius 1 is 1.37 bits per heavy atom. The largest absolute Gasteiger partial charge is 0.481 e. The van der Waals surface area contributed by atoms with Crippen LogP contribution in [0.15, 0.2) is 5.38 Å². The minimum Gasteiger partial charge on any atom is -0.481 e. The van der Waals surface area contributed by atoms with E-state index in [1.54, 1.807) is 5.38 Å². The molecule has 0 aromatic carbocycles. The van der Waals surface area contributed by atoms with Crippen LogP contribution in [0.1, 0.15) is 42.6 Å². The highest BCUT2D eigenvalue weighted by Gasteiger charge is 2.31. The number of anilines is 1. The summed E-state index contributed by atoms with van der Waals surface area (Å²) in [6.07, 6.45) is 4.16. The van der Waals surface area contributed by atoms with Crippen LogP contribution in [0.2, 0.25) is 0 Å². The van der Waals surface area contributed by atoms with Gasteiger partial charge in [-0.25, -0.2) is 4.98 Å². The van der Waals surface area contributed by atoms with Crippen LogP contribution in [-0.2, 0) is 4.79 Å². The molecule has 1 fully saturated rings. The van der Waals surface area contributed by atoms with E-state index in [0.717, 1.165) is 19.3 Å². The Hall–Kier alpha value is -1.63. The summed E-state index contributed by atoms with van der Waals surface area (Å²) in [4.78, 5) is 27.2. The Labute approximate surface area is 115 Å². The second-order valence-electron chi connectivity index (χ2n) is 4.73. The number of amides is 1. The fraction of sp³-hybridized carbons (Fsp3) is 0.583. The van der Waals surface area contributed by atoms with Crippen LogP contribution in [-0.4, -0.2) is 28.0 Å². The average Bonchev–Trinajstić information content (AvgIpc) is 2.65. The maximum absolute atomic E-state index is 12.0. The number of carbonyl (C=O) groups excluding carboxylic acids is 1. The van der Waals surface area contributed by atoms with Gasteiger partial charge in [0.2, 0.25) is 0 Å². The molecule has 1 aliphatic rings. The highest BCUT2D eigenvalue weighted by molar-refractivity contribution is 7.13. The van der Waals surface area contributed by atoms with Gasteiger partial charge in [0.1, 0.15) is 5.69 Å². The van der Waals surface area contributed by atoms with Gasteiger partial charge in [0.25, 0.3) is 5.91 Å². The molecule has 0 aliphatic heterocycles. The third-order valence-electron chi connectivity index (χ3n) is 3.40. The summed E-state index contributed by atoms with van der Waals surface area (Å²) < 4.78 is 0. The van der Waals surface area contributed by atoms with E-state index in [-0.39, 0.29) is 17.6 Å². The van der Waals surface area contributed by atoms with E-state index in [2.05, 4.69) is 10.3 Å². The second-order valence-corrected chi connectivity index (χ2v) is 5.62. The van der Waals surface area contributed by atoms with Gasteiger partial charge in [-0.2, -0.15) is 0 Å². The van der Waals surface area contributed by atoms with Crippen LogP contribution in [0.3, 0.4) is 0 Å². The van der Waals surface area contributed by atoms with Crippen molar-refractivity contribution in [2.75, 3.05) is 5.73 Å². The number of nitrogen functional groups attached to an aromatic ring is 1. The van der Waals surface area contributed by atoms with Crippen LogP contribution in [0.4, 0.5) is 5.13 Å². The third-order valence-corrected chi connectivity index (χ3v) is 4.08. The fourth-order valence-corrected chi connectivity index (χ4v) is 2.95. The lowest BCUT2D eigenvalue weighted by molar-refractivity contribution is -0.142. The molecular formula is C12H17N3O3S. The lowest BCUT2D eigenvalue weighted by Gasteiger charge is -2.22. The Balaban J connectivity index is 2.06. The van der Waals surface area contributed by atoms with Gasteiger partial charge in [0, 0.05) is 11.4 Å². The maximum atomic E-state index is 12.0. The predicted octanol–water partition coefficient (Wildman–Crippen LogP) is 1.49. The first-order valence-electron chi connectivity index (χ1n) is 6.32. The van der Waals surface area contributed by atoms with Crippen LogP contribution in [0.5, 0.6) is 0 Å². The molecule has 1 aromatic heterocycles. The number of hydrogen-bond acceptors (Lipinski definition) is 5. The van der Waals surface area contributed by atoms with E-state index in [1.165, 1.54) is 11.3 Å². The summed E-state index contributed by atoms with van der Waals surface area (Å²) in [6, 6.07) is -0.324. The quantitative estimate of drug-likeness (QED) is 0.729. The molecule has 1 aromatic rings. The van der Waals surface area contributed by atoms with E-state index in [1.807, 2.05) is 0 Å². The highest BCUT2D eigenvalue weighted by atomic mass is 32.1. The standard InChI is InChI=1S/C12H17N3O3S/c13-12-15-9(6-19-12)10(16)14-8-5-3-1-2-4-7(8)11(17)18/h6-8H,1-5H2,(H2,13,15)(H,14,16)(H,17,18). The summed E-state index contributed by atoms with van der Waals surface area (Å²) in [6.45, 7) is 0. The van der Waals surface area contributed by atoms with Crippen LogP contribution < -0.4 is 11.1 Å². The molecule has 104 valence electrons. The van der Waals surface area contributed by atoms with E-state index >= 15 is 0 Å². The van der Waals surface area contributed by atoms with Gasteiger partial charge in [-0.15, -0.1) is 11.3 Å². The zero-order chi connectivity index (χ0) is 13.8. The summed E-state index contributed by atoms with van der Waals surface area (Å²) in [7, 11) is 0. The number of carboxylic acids is 1. The molecule has 6 nitrogen and oxygen atoms in total. The second kappa shape index (κ2) is 6.01. The highest BCUT2D eigenvalue weighted by Crippen LogP contribution is 2.24. The lowest BCUT2D eigenvalue weighted by Crippen LogP contribution is -2.42. The zero-order valence-corrected chi connectivity index (χ0v) is 11.3. The predicted molar refractivity (Wildman–Crippen MR) is 72.0 cm³/mol. The number of nitrogens with two attached hydrogens (primary N) is 1. The monoisotopic (exact) mass is 283 g/mol. The Morgan fingerprint density at radius 2 is 2.11 bits per heavy atom. The van der Waals surface area contributed by atoms with Gasteiger partial charge in [-0.3, -0.25) is 9.59 Å². The molecule has 4 N–H and O–H groups in total. The zero-order valence-electron chi connectivity index (χ0n) is 10.5. The number of nitrogens with one attached hydrogen (secondary N) is 1. The number of aromatic nitrogens is 1. The fourth-order valence-electron chi connectivity index (χ4n) is 2.41. The minimum absolute atomic E-state index is 0.260. The number of carboxylic acid groups (broad SMARTS) is 1. The number of nitrogens with zero attached hydrogens (tertiary/aromatic N) is 1. The molecule has 2 rings (SSSR count). The van der Waals surface area contributed by atoms with Gasteiger partial charge in [0.15, 0.2) is 5.13 Å². The van der Waals surface area contributed by atoms with Gasteiger partial charge in [0.05, 0.1) is 5.92 Å². The van der Waals surface area contributed by atoms with Crippen LogP contribution in [0.25, 0.3) is 0 Å². The SMILES string of the molecule is Nc1nc(C(=O)NC2CCCCCC2C(=O)O)cs1. The first-order valence-corrected chi connectivity index (χ1v) is 7.20. The summed E-state index contributed by atoms with van der Waals surface area (Å²) in [5.41, 5.74) is 5.74. The van der Waals surface area contributed by atoms with Crippen molar-refractivity contribution in [3.8, 4) is 0 Å². The first-order chi connectivity index (χ1) is 9.08. The van der Waals surface area contributed by atoms with Crippen molar-refractivity contribution >= 4 is 28.3 Å². The maximum Gasteiger partial charge on any atom is 0.308 e. The molecule has 7 heteroatoms. The molecule has 0 saturated heterocycles. The number of hydrogen-bond donors (Lipinski definition) is 3. The van der Waals surface area contributed by atoms with Crippen LogP contribution in [0, 0.1) is 5.92 Å². The molecule has 2 unspecified atom stereocenters. The first kappa shape index (κ1) is 13.8. The minimum atomic E-state index is -0.843. The van der Waals surface area contributed by atoms with Crippen molar-refractivity contribution in [3.63, 3.8) is 0 Å². The number of aliphatic carboxylic acids is 1. The van der Waals surface area contributed by atoms with Gasteiger partial charge in [-0.1, -0.05) is 19.3 Å². The van der Waals surface area contributed by atoms with Gasteiger partial charge >= 0.3 is 5.97 Å². The molecular weight excluding hydrogens is 266 g/mol. The van der Waals surface area contributed by atoms with Crippen molar-refractivity contribution < 1.29 is 14.7 Å². The Kier molecular flexibility index (Phi) is 4.36. The summed E-state index contributed by atoms with van der Waals surface area (Å²) in [5, 5.41) is 13.9. The summed E-state index contributed by atoms with van der Waals surface area (Å²) in [5.74, 6) is -1.70. The topological polar surface area (TPSA) is 105 Å². The van der Waals surface area contributed by atoms with Gasteiger partial charge in [-0.05, 0) is 12.8 Å². The number of thiazole rings is 1. The molecule has 19 heavy (non-hydrogen) atoms. The van der Waals surface area contributed by atoms with E-state index in [9.17, 15) is 14.7 Å². The van der Waals surface area contributed by atoms with Crippen molar-refractivity contribution in [2.24, 2.45) is 5.92 Å². The molecule has 1 amide bonds. The molecule has 1 aliphatic carbocycles. The van der Waals surface area contributed by atoms with Crippen molar-refractivity contribution in [1.82, 2.24) is 10.3 Å². The van der Waals surface area contributed by atoms with E-state index in [0.29, 0.717) is 18.0 Å².